The third kappa shape index (κ3) is 4.63. The fraction of sp³-hybridized carbons (Fsp3) is 0. The van der Waals surface area contributed by atoms with Crippen LogP contribution >= 0.6 is 0 Å². The van der Waals surface area contributed by atoms with Gasteiger partial charge in [0.2, 0.25) is 0 Å². The fourth-order valence-electron chi connectivity index (χ4n) is 1.90. The molecule has 0 saturated heterocycles. The van der Waals surface area contributed by atoms with Crippen molar-refractivity contribution in [3.05, 3.63) is 48.5 Å². The Morgan fingerprint density at radius 2 is 1.08 bits per heavy atom. The molecule has 9 heteroatoms. The number of hydrogen-bond acceptors (Lipinski definition) is 3. The van der Waals surface area contributed by atoms with E-state index >= 15 is 0 Å². The second kappa shape index (κ2) is 7.49. The molecule has 2 aromatic carbocycles. The maximum Gasteiger partial charge on any atom is 0.198 e. The maximum atomic E-state index is 5.95. The predicted octanol–water partition coefficient (Wildman–Crippen LogP) is 0.555. The Kier molecular flexibility index (Phi) is 5.19. The third-order valence-corrected chi connectivity index (χ3v) is 2.79. The van der Waals surface area contributed by atoms with Crippen molar-refractivity contribution in [2.24, 2.45) is 43.6 Å². The van der Waals surface area contributed by atoms with Crippen molar-refractivity contribution in [1.29, 1.82) is 0 Å². The topological polar surface area (TPSA) is 179 Å². The van der Waals surface area contributed by atoms with Crippen LogP contribution in [0.25, 0.3) is 0 Å². The van der Waals surface area contributed by atoms with Crippen molar-refractivity contribution >= 4 is 40.6 Å². The Labute approximate surface area is 139 Å². The molecule has 0 amide bonds. The molecular weight excluding hydrogens is 306 g/mol. The van der Waals surface area contributed by atoms with Gasteiger partial charge in [-0.05, 0) is 24.3 Å². The quantitative estimate of drug-likeness (QED) is 0.353. The number of aliphatic imine (C=N–C) groups is 3. The predicted molar refractivity (Wildman–Crippen MR) is 98.7 cm³/mol. The van der Waals surface area contributed by atoms with Crippen molar-refractivity contribution in [2.75, 3.05) is 5.32 Å². The van der Waals surface area contributed by atoms with E-state index in [-0.39, 0.29) is 17.9 Å². The van der Waals surface area contributed by atoms with Crippen LogP contribution in [0.5, 0.6) is 0 Å². The van der Waals surface area contributed by atoms with E-state index in [1.54, 1.807) is 42.5 Å². The van der Waals surface area contributed by atoms with Gasteiger partial charge in [-0.25, -0.2) is 15.0 Å². The van der Waals surface area contributed by atoms with Crippen LogP contribution in [-0.2, 0) is 0 Å². The maximum absolute atomic E-state index is 5.95. The lowest BCUT2D eigenvalue weighted by Crippen LogP contribution is -2.23. The third-order valence-electron chi connectivity index (χ3n) is 2.79. The molecule has 0 aliphatic rings. The lowest BCUT2D eigenvalue weighted by atomic mass is 10.2. The van der Waals surface area contributed by atoms with Gasteiger partial charge in [0.25, 0.3) is 0 Å². The number of nitrogens with one attached hydrogen (secondary N) is 1. The second-order valence-corrected chi connectivity index (χ2v) is 4.70. The molecule has 24 heavy (non-hydrogen) atoms. The molecule has 0 unspecified atom stereocenters. The fourth-order valence-corrected chi connectivity index (χ4v) is 1.90. The highest BCUT2D eigenvalue weighted by atomic mass is 15.1. The van der Waals surface area contributed by atoms with Crippen molar-refractivity contribution in [3.8, 4) is 0 Å². The summed E-state index contributed by atoms with van der Waals surface area (Å²) in [6, 6.07) is 14.2. The van der Waals surface area contributed by atoms with Gasteiger partial charge in [0.15, 0.2) is 17.9 Å². The number of benzene rings is 2. The zero-order chi connectivity index (χ0) is 17.5. The highest BCUT2D eigenvalue weighted by molar-refractivity contribution is 5.98. The van der Waals surface area contributed by atoms with E-state index in [0.717, 1.165) is 0 Å². The first-order chi connectivity index (χ1) is 11.5. The first-order valence-corrected chi connectivity index (χ1v) is 6.94. The summed E-state index contributed by atoms with van der Waals surface area (Å²) in [5.74, 6) is 0.00614. The highest BCUT2D eigenvalue weighted by Crippen LogP contribution is 2.28. The highest BCUT2D eigenvalue weighted by Gasteiger charge is 2.04. The summed E-state index contributed by atoms with van der Waals surface area (Å²) in [4.78, 5) is 12.3. The van der Waals surface area contributed by atoms with Crippen LogP contribution in [0, 0.1) is 0 Å². The monoisotopic (exact) mass is 325 g/mol. The van der Waals surface area contributed by atoms with Gasteiger partial charge in [0, 0.05) is 0 Å². The molecule has 11 N–H and O–H groups in total. The minimum atomic E-state index is -0.0673. The van der Waals surface area contributed by atoms with Crippen LogP contribution in [0.1, 0.15) is 0 Å². The van der Waals surface area contributed by atoms with E-state index in [4.69, 9.17) is 28.7 Å². The molecule has 0 saturated carbocycles. The average Bonchev–Trinajstić information content (AvgIpc) is 2.50. The molecule has 0 atom stereocenters. The number of hydrogen-bond donors (Lipinski definition) is 6. The molecule has 0 fully saturated rings. The van der Waals surface area contributed by atoms with Crippen LogP contribution in [0.2, 0.25) is 0 Å². The number of anilines is 1. The van der Waals surface area contributed by atoms with Crippen LogP contribution in [0.4, 0.5) is 22.7 Å². The number of nitrogens with zero attached hydrogens (tertiary/aromatic N) is 3. The Balaban J connectivity index is 2.32. The SMILES string of the molecule is NC(N)=Nc1ccccc1N=C(N)Nc1ccccc1N=C(N)N. The van der Waals surface area contributed by atoms with Crippen molar-refractivity contribution in [3.63, 3.8) is 0 Å². The van der Waals surface area contributed by atoms with Gasteiger partial charge in [0.1, 0.15) is 0 Å². The Morgan fingerprint density at radius 3 is 1.67 bits per heavy atom. The van der Waals surface area contributed by atoms with Gasteiger partial charge in [0.05, 0.1) is 22.7 Å². The lowest BCUT2D eigenvalue weighted by molar-refractivity contribution is 1.37. The van der Waals surface area contributed by atoms with Crippen LogP contribution in [0.15, 0.2) is 63.5 Å². The Bertz CT molecular complexity index is 800. The Hall–Kier alpha value is -3.75. The summed E-state index contributed by atoms with van der Waals surface area (Å²) in [6.07, 6.45) is 0. The largest absolute Gasteiger partial charge is 0.370 e. The van der Waals surface area contributed by atoms with E-state index in [1.807, 2.05) is 6.07 Å². The normalized spacial score (nSPS) is 10.8. The van der Waals surface area contributed by atoms with Crippen LogP contribution < -0.4 is 34.0 Å². The molecule has 0 aliphatic carbocycles. The molecule has 0 spiro atoms. The standard InChI is InChI=1S/C15H19N9/c16-13(17)21-9-5-1-3-7-11(9)23-15(20)24-12-8-4-2-6-10(12)22-14(18)19/h1-8H,(H4,16,17,21)(H4,18,19,22)(H3,20,23,24). The van der Waals surface area contributed by atoms with E-state index in [0.29, 0.717) is 22.7 Å². The number of guanidine groups is 3. The minimum absolute atomic E-state index is 0.0575. The number of para-hydroxylation sites is 4. The van der Waals surface area contributed by atoms with Gasteiger partial charge in [-0.15, -0.1) is 0 Å². The molecule has 0 bridgehead atoms. The summed E-state index contributed by atoms with van der Waals surface area (Å²) < 4.78 is 0. The summed E-state index contributed by atoms with van der Waals surface area (Å²) in [6.45, 7) is 0. The van der Waals surface area contributed by atoms with Crippen LogP contribution in [-0.4, -0.2) is 17.9 Å². The van der Waals surface area contributed by atoms with Gasteiger partial charge < -0.3 is 34.0 Å². The summed E-state index contributed by atoms with van der Waals surface area (Å²) >= 11 is 0. The molecule has 124 valence electrons. The smallest absolute Gasteiger partial charge is 0.198 e. The summed E-state index contributed by atoms with van der Waals surface area (Å²) in [5.41, 5.74) is 29.7. The zero-order valence-electron chi connectivity index (χ0n) is 12.8. The lowest BCUT2D eigenvalue weighted by Gasteiger charge is -2.09. The summed E-state index contributed by atoms with van der Waals surface area (Å²) in [7, 11) is 0. The van der Waals surface area contributed by atoms with Gasteiger partial charge in [-0.3, -0.25) is 0 Å². The molecule has 9 nitrogen and oxygen atoms in total. The molecule has 2 rings (SSSR count). The Morgan fingerprint density at radius 1 is 0.625 bits per heavy atom. The van der Waals surface area contributed by atoms with Crippen LogP contribution in [0.3, 0.4) is 0 Å². The first kappa shape index (κ1) is 16.6. The van der Waals surface area contributed by atoms with Crippen molar-refractivity contribution < 1.29 is 0 Å². The molecule has 0 radical (unpaired) electrons. The first-order valence-electron chi connectivity index (χ1n) is 6.94. The van der Waals surface area contributed by atoms with E-state index in [1.165, 1.54) is 0 Å². The molecular formula is C15H19N9. The van der Waals surface area contributed by atoms with Gasteiger partial charge in [-0.1, -0.05) is 24.3 Å². The average molecular weight is 325 g/mol. The van der Waals surface area contributed by atoms with Crippen molar-refractivity contribution in [2.45, 2.75) is 0 Å². The number of rotatable bonds is 4. The number of nitrogens with two attached hydrogens (primary N) is 5. The summed E-state index contributed by atoms with van der Waals surface area (Å²) in [5, 5.41) is 2.94. The van der Waals surface area contributed by atoms with E-state index in [9.17, 15) is 0 Å². The van der Waals surface area contributed by atoms with E-state index < -0.39 is 0 Å². The molecule has 0 heterocycles. The second-order valence-electron chi connectivity index (χ2n) is 4.70. The van der Waals surface area contributed by atoms with Crippen molar-refractivity contribution in [1.82, 2.24) is 0 Å². The molecule has 2 aromatic rings. The zero-order valence-corrected chi connectivity index (χ0v) is 12.8. The van der Waals surface area contributed by atoms with Gasteiger partial charge >= 0.3 is 0 Å². The van der Waals surface area contributed by atoms with Gasteiger partial charge in [-0.2, -0.15) is 0 Å². The molecule has 0 aromatic heterocycles. The molecule has 0 aliphatic heterocycles. The van der Waals surface area contributed by atoms with E-state index in [2.05, 4.69) is 20.3 Å². The minimum Gasteiger partial charge on any atom is -0.370 e.